The van der Waals surface area contributed by atoms with E-state index in [1.54, 1.807) is 29.4 Å². The van der Waals surface area contributed by atoms with Gasteiger partial charge < -0.3 is 9.42 Å². The normalized spacial score (nSPS) is 10.7. The fourth-order valence-electron chi connectivity index (χ4n) is 2.71. The number of hydrogen-bond donors (Lipinski definition) is 0. The van der Waals surface area contributed by atoms with Crippen molar-refractivity contribution in [1.82, 2.24) is 15.0 Å². The number of rotatable bonds is 5. The number of aromatic nitrogens is 2. The number of carbonyl (C=O) groups excluding carboxylic acids is 1. The quantitative estimate of drug-likeness (QED) is 0.506. The van der Waals surface area contributed by atoms with Crippen molar-refractivity contribution in [3.05, 3.63) is 83.5 Å². The third-order valence-corrected chi connectivity index (χ3v) is 5.13. The summed E-state index contributed by atoms with van der Waals surface area (Å²) in [6.07, 6.45) is 1.81. The van der Waals surface area contributed by atoms with Gasteiger partial charge in [-0.25, -0.2) is 4.98 Å². The Bertz CT molecular complexity index is 1040. The van der Waals surface area contributed by atoms with Crippen molar-refractivity contribution in [2.75, 3.05) is 7.05 Å². The molecule has 0 aliphatic rings. The summed E-state index contributed by atoms with van der Waals surface area (Å²) >= 11 is 1.58. The molecule has 0 N–H and O–H groups in total. The first-order valence-electron chi connectivity index (χ1n) is 8.48. The van der Waals surface area contributed by atoms with Gasteiger partial charge in [0, 0.05) is 35.3 Å². The summed E-state index contributed by atoms with van der Waals surface area (Å²) in [5.41, 5.74) is 2.26. The standard InChI is InChI=1S/C21H17N3O2S/c1-24(14-17-13-22-20(27-17)16-10-6-3-7-11-16)21(25)18-12-19(26-23-18)15-8-4-2-5-9-15/h2-13H,14H2,1H3. The average Bonchev–Trinajstić information content (AvgIpc) is 3.39. The van der Waals surface area contributed by atoms with Crippen LogP contribution in [0, 0.1) is 0 Å². The van der Waals surface area contributed by atoms with Gasteiger partial charge in [-0.3, -0.25) is 4.79 Å². The van der Waals surface area contributed by atoms with E-state index in [0.29, 0.717) is 18.0 Å². The Morgan fingerprint density at radius 2 is 1.70 bits per heavy atom. The zero-order valence-corrected chi connectivity index (χ0v) is 15.5. The molecule has 0 saturated carbocycles. The molecule has 27 heavy (non-hydrogen) atoms. The van der Waals surface area contributed by atoms with Crippen LogP contribution >= 0.6 is 11.3 Å². The number of thiazole rings is 1. The van der Waals surface area contributed by atoms with Gasteiger partial charge in [-0.15, -0.1) is 11.3 Å². The summed E-state index contributed by atoms with van der Waals surface area (Å²) < 4.78 is 5.33. The van der Waals surface area contributed by atoms with Crippen LogP contribution in [-0.4, -0.2) is 28.0 Å². The highest BCUT2D eigenvalue weighted by Gasteiger charge is 2.18. The average molecular weight is 375 g/mol. The van der Waals surface area contributed by atoms with Crippen LogP contribution in [0.3, 0.4) is 0 Å². The predicted molar refractivity (Wildman–Crippen MR) is 105 cm³/mol. The van der Waals surface area contributed by atoms with Gasteiger partial charge in [-0.1, -0.05) is 65.8 Å². The second-order valence-electron chi connectivity index (χ2n) is 6.10. The highest BCUT2D eigenvalue weighted by atomic mass is 32.1. The molecule has 0 radical (unpaired) electrons. The molecule has 0 fully saturated rings. The fraction of sp³-hybridized carbons (Fsp3) is 0.0952. The van der Waals surface area contributed by atoms with E-state index in [-0.39, 0.29) is 5.91 Å². The maximum atomic E-state index is 12.7. The first-order valence-corrected chi connectivity index (χ1v) is 9.30. The highest BCUT2D eigenvalue weighted by Crippen LogP contribution is 2.26. The van der Waals surface area contributed by atoms with Crippen molar-refractivity contribution in [2.45, 2.75) is 6.54 Å². The highest BCUT2D eigenvalue weighted by molar-refractivity contribution is 7.15. The molecule has 134 valence electrons. The van der Waals surface area contributed by atoms with Crippen LogP contribution in [-0.2, 0) is 6.54 Å². The number of benzene rings is 2. The third kappa shape index (κ3) is 3.80. The monoisotopic (exact) mass is 375 g/mol. The predicted octanol–water partition coefficient (Wildman–Crippen LogP) is 4.74. The van der Waals surface area contributed by atoms with Crippen LogP contribution in [0.5, 0.6) is 0 Å². The molecule has 4 rings (SSSR count). The number of carbonyl (C=O) groups is 1. The van der Waals surface area contributed by atoms with Gasteiger partial charge in [0.15, 0.2) is 11.5 Å². The molecule has 0 aliphatic heterocycles. The molecule has 2 aromatic heterocycles. The van der Waals surface area contributed by atoms with E-state index >= 15 is 0 Å². The second-order valence-corrected chi connectivity index (χ2v) is 7.22. The summed E-state index contributed by atoms with van der Waals surface area (Å²) in [5, 5.41) is 4.87. The van der Waals surface area contributed by atoms with Crippen molar-refractivity contribution in [3.63, 3.8) is 0 Å². The molecular formula is C21H17N3O2S. The Hall–Kier alpha value is -3.25. The molecule has 0 unspecified atom stereocenters. The second kappa shape index (κ2) is 7.55. The molecule has 0 spiro atoms. The van der Waals surface area contributed by atoms with Gasteiger partial charge in [-0.05, 0) is 0 Å². The zero-order chi connectivity index (χ0) is 18.6. The summed E-state index contributed by atoms with van der Waals surface area (Å²) in [4.78, 5) is 19.8. The first kappa shape index (κ1) is 17.2. The van der Waals surface area contributed by atoms with Crippen LogP contribution in [0.2, 0.25) is 0 Å². The molecule has 1 amide bonds. The van der Waals surface area contributed by atoms with E-state index in [2.05, 4.69) is 10.1 Å². The van der Waals surface area contributed by atoms with E-state index in [1.165, 1.54) is 0 Å². The van der Waals surface area contributed by atoms with Gasteiger partial charge in [0.2, 0.25) is 0 Å². The van der Waals surface area contributed by atoms with Crippen LogP contribution < -0.4 is 0 Å². The molecule has 6 heteroatoms. The SMILES string of the molecule is CN(Cc1cnc(-c2ccccc2)s1)C(=O)c1cc(-c2ccccc2)on1. The Labute approximate surface area is 160 Å². The van der Waals surface area contributed by atoms with Gasteiger partial charge >= 0.3 is 0 Å². The number of hydrogen-bond acceptors (Lipinski definition) is 5. The maximum absolute atomic E-state index is 12.7. The van der Waals surface area contributed by atoms with Crippen LogP contribution in [0.15, 0.2) is 77.4 Å². The van der Waals surface area contributed by atoms with Crippen molar-refractivity contribution < 1.29 is 9.32 Å². The van der Waals surface area contributed by atoms with E-state index in [4.69, 9.17) is 4.52 Å². The maximum Gasteiger partial charge on any atom is 0.276 e. The molecule has 0 bridgehead atoms. The third-order valence-electron chi connectivity index (χ3n) is 4.10. The van der Waals surface area contributed by atoms with Crippen molar-refractivity contribution in [2.24, 2.45) is 0 Å². The van der Waals surface area contributed by atoms with Crippen LogP contribution in [0.25, 0.3) is 21.9 Å². The van der Waals surface area contributed by atoms with Crippen LogP contribution in [0.4, 0.5) is 0 Å². The van der Waals surface area contributed by atoms with E-state index in [9.17, 15) is 4.79 Å². The van der Waals surface area contributed by atoms with Gasteiger partial charge in [0.1, 0.15) is 5.01 Å². The summed E-state index contributed by atoms with van der Waals surface area (Å²) in [5.74, 6) is 0.395. The topological polar surface area (TPSA) is 59.2 Å². The summed E-state index contributed by atoms with van der Waals surface area (Å²) in [6.45, 7) is 0.469. The van der Waals surface area contributed by atoms with Gasteiger partial charge in [0.25, 0.3) is 5.91 Å². The minimum Gasteiger partial charge on any atom is -0.355 e. The Morgan fingerprint density at radius 1 is 1.04 bits per heavy atom. The number of nitrogens with zero attached hydrogens (tertiary/aromatic N) is 3. The lowest BCUT2D eigenvalue weighted by atomic mass is 10.1. The largest absolute Gasteiger partial charge is 0.355 e. The Kier molecular flexibility index (Phi) is 4.80. The molecule has 5 nitrogen and oxygen atoms in total. The first-order chi connectivity index (χ1) is 13.2. The van der Waals surface area contributed by atoms with Gasteiger partial charge in [-0.2, -0.15) is 0 Å². The lowest BCUT2D eigenvalue weighted by Crippen LogP contribution is -2.26. The van der Waals surface area contributed by atoms with Crippen molar-refractivity contribution in [1.29, 1.82) is 0 Å². The number of amides is 1. The molecule has 4 aromatic rings. The van der Waals surface area contributed by atoms with E-state index < -0.39 is 0 Å². The molecule has 2 aromatic carbocycles. The van der Waals surface area contributed by atoms with Crippen LogP contribution in [0.1, 0.15) is 15.4 Å². The van der Waals surface area contributed by atoms with Crippen molar-refractivity contribution in [3.8, 4) is 21.9 Å². The molecule has 0 atom stereocenters. The molecule has 0 aliphatic carbocycles. The molecule has 2 heterocycles. The fourth-order valence-corrected chi connectivity index (χ4v) is 3.68. The van der Waals surface area contributed by atoms with Gasteiger partial charge in [0.05, 0.1) is 6.54 Å². The Morgan fingerprint density at radius 3 is 2.41 bits per heavy atom. The zero-order valence-electron chi connectivity index (χ0n) is 14.7. The summed E-state index contributed by atoms with van der Waals surface area (Å²) in [6, 6.07) is 21.3. The minimum atomic E-state index is -0.185. The van der Waals surface area contributed by atoms with E-state index in [0.717, 1.165) is 21.0 Å². The smallest absolute Gasteiger partial charge is 0.276 e. The molecular weight excluding hydrogens is 358 g/mol. The Balaban J connectivity index is 1.46. The van der Waals surface area contributed by atoms with E-state index in [1.807, 2.05) is 66.9 Å². The lowest BCUT2D eigenvalue weighted by molar-refractivity contribution is 0.0776. The summed E-state index contributed by atoms with van der Waals surface area (Å²) in [7, 11) is 1.75. The minimum absolute atomic E-state index is 0.185. The molecule has 0 saturated heterocycles. The van der Waals surface area contributed by atoms with Crippen molar-refractivity contribution >= 4 is 17.2 Å². The lowest BCUT2D eigenvalue weighted by Gasteiger charge is -2.13.